The molecule has 0 unspecified atom stereocenters. The van der Waals surface area contributed by atoms with Crippen molar-refractivity contribution >= 4 is 33.8 Å². The number of hydrogen-bond donors (Lipinski definition) is 0. The Morgan fingerprint density at radius 2 is 0.596 bits per heavy atom. The molecule has 2 heterocycles. The van der Waals surface area contributed by atoms with Crippen LogP contribution in [0.3, 0.4) is 0 Å². The molecule has 47 heavy (non-hydrogen) atoms. The molecular weight excluding hydrogens is 597 g/mol. The summed E-state index contributed by atoms with van der Waals surface area (Å²) in [4.78, 5) is 2.63. The molecule has 6 aromatic rings. The Morgan fingerprint density at radius 3 is 0.894 bits per heavy atom. The minimum Gasteiger partial charge on any atom is -0.212 e. The van der Waals surface area contributed by atoms with Gasteiger partial charge in [-0.2, -0.15) is 0 Å². The highest BCUT2D eigenvalue weighted by Crippen LogP contribution is 2.45. The van der Waals surface area contributed by atoms with E-state index in [1.165, 1.54) is 98.8 Å². The first-order valence-electron chi connectivity index (χ1n) is 16.5. The molecule has 0 atom stereocenters. The van der Waals surface area contributed by atoms with Gasteiger partial charge < -0.3 is 0 Å². The summed E-state index contributed by atoms with van der Waals surface area (Å²) in [5, 5.41) is 18.9. The molecule has 0 amide bonds. The van der Waals surface area contributed by atoms with Gasteiger partial charge in [-0.1, -0.05) is 22.2 Å². The lowest BCUT2D eigenvalue weighted by atomic mass is 9.95. The molecule has 0 fully saturated rings. The second kappa shape index (κ2) is 11.3. The van der Waals surface area contributed by atoms with Crippen LogP contribution in [-0.4, -0.2) is 30.0 Å². The monoisotopic (exact) mass is 644 g/mol. The Kier molecular flexibility index (Phi) is 7.94. The van der Waals surface area contributed by atoms with E-state index in [9.17, 15) is 0 Å². The van der Waals surface area contributed by atoms with E-state index < -0.39 is 0 Å². The summed E-state index contributed by atoms with van der Waals surface area (Å²) < 4.78 is 4.19. The molecule has 244 valence electrons. The maximum Gasteiger partial charge on any atom is 0.117 e. The van der Waals surface area contributed by atoms with Crippen molar-refractivity contribution in [3.05, 3.63) is 89.0 Å². The number of aryl methyl sites for hydroxylation is 4. The maximum absolute atomic E-state index is 4.76. The van der Waals surface area contributed by atoms with Gasteiger partial charge in [-0.3, -0.25) is 0 Å². The Bertz CT molecular complexity index is 2110. The summed E-state index contributed by atoms with van der Waals surface area (Å²) in [6, 6.07) is 0. The van der Waals surface area contributed by atoms with Crippen molar-refractivity contribution in [2.45, 2.75) is 121 Å². The molecule has 0 saturated carbocycles. The van der Waals surface area contributed by atoms with Gasteiger partial charge >= 0.3 is 0 Å². The molecule has 4 aromatic carbocycles. The van der Waals surface area contributed by atoms with E-state index in [0.29, 0.717) is 0 Å². The highest BCUT2D eigenvalue weighted by atomic mass is 32.2. The molecule has 2 aromatic heterocycles. The Balaban J connectivity index is 1.52. The maximum atomic E-state index is 4.76. The molecule has 0 radical (unpaired) electrons. The highest BCUT2D eigenvalue weighted by molar-refractivity contribution is 7.99. The molecule has 0 N–H and O–H groups in total. The van der Waals surface area contributed by atoms with Crippen LogP contribution in [0.1, 0.15) is 89.0 Å². The summed E-state index contributed by atoms with van der Waals surface area (Å²) >= 11 is 1.90. The third-order valence-electron chi connectivity index (χ3n) is 11.8. The zero-order valence-corrected chi connectivity index (χ0v) is 31.9. The average Bonchev–Trinajstić information content (AvgIpc) is 3.68. The minimum atomic E-state index is 0.992. The van der Waals surface area contributed by atoms with Crippen molar-refractivity contribution in [1.29, 1.82) is 0 Å². The summed E-state index contributed by atoms with van der Waals surface area (Å²) in [5.41, 5.74) is 26.7. The number of rotatable bonds is 4. The standard InChI is InChI=1S/C40H48N6S/c1-17-19(3)23(7)37-33(21(17)5)41-43-45(37)35-25(9)29(13)39(30(14)26(35)10)47-40-31(15)27(11)36(28(12)32(40)16)46-38-24(8)20(4)18(2)22(6)34(38)42-44-46/h1-16H3. The molecule has 6 nitrogen and oxygen atoms in total. The fraction of sp³-hybridized carbons (Fsp3) is 0.400. The molecule has 6 rings (SSSR count). The fourth-order valence-corrected chi connectivity index (χ4v) is 8.88. The van der Waals surface area contributed by atoms with Crippen LogP contribution in [0.2, 0.25) is 0 Å². The first-order valence-corrected chi connectivity index (χ1v) is 17.4. The van der Waals surface area contributed by atoms with E-state index in [1.54, 1.807) is 0 Å². The molecule has 0 aliphatic carbocycles. The van der Waals surface area contributed by atoms with Crippen molar-refractivity contribution < 1.29 is 0 Å². The highest BCUT2D eigenvalue weighted by Gasteiger charge is 2.26. The number of fused-ring (bicyclic) bond motifs is 2. The van der Waals surface area contributed by atoms with Crippen molar-refractivity contribution in [3.63, 3.8) is 0 Å². The van der Waals surface area contributed by atoms with Crippen molar-refractivity contribution in [2.75, 3.05) is 0 Å². The van der Waals surface area contributed by atoms with E-state index in [-0.39, 0.29) is 0 Å². The molecule has 0 bridgehead atoms. The first kappa shape index (κ1) is 33.0. The van der Waals surface area contributed by atoms with E-state index in [0.717, 1.165) is 33.4 Å². The van der Waals surface area contributed by atoms with Gasteiger partial charge in [-0.15, -0.1) is 10.2 Å². The second-order valence-electron chi connectivity index (χ2n) is 13.9. The summed E-state index contributed by atoms with van der Waals surface area (Å²) in [6.07, 6.45) is 0. The number of aromatic nitrogens is 6. The minimum absolute atomic E-state index is 0.992. The van der Waals surface area contributed by atoms with Crippen molar-refractivity contribution in [3.8, 4) is 11.4 Å². The topological polar surface area (TPSA) is 61.4 Å². The van der Waals surface area contributed by atoms with Crippen molar-refractivity contribution in [2.24, 2.45) is 0 Å². The third kappa shape index (κ3) is 4.52. The third-order valence-corrected chi connectivity index (χ3v) is 13.4. The van der Waals surface area contributed by atoms with E-state index >= 15 is 0 Å². The summed E-state index contributed by atoms with van der Waals surface area (Å²) in [5.74, 6) is 0. The first-order chi connectivity index (χ1) is 22.0. The van der Waals surface area contributed by atoms with Crippen LogP contribution in [0, 0.1) is 111 Å². The second-order valence-corrected chi connectivity index (χ2v) is 14.9. The van der Waals surface area contributed by atoms with Crippen LogP contribution in [0.5, 0.6) is 0 Å². The molecule has 0 aliphatic rings. The predicted octanol–water partition coefficient (Wildman–Crippen LogP) is 10.2. The predicted molar refractivity (Wildman–Crippen MR) is 198 cm³/mol. The van der Waals surface area contributed by atoms with Gasteiger partial charge in [0.25, 0.3) is 0 Å². The Labute approximate surface area is 284 Å². The number of nitrogens with zero attached hydrogens (tertiary/aromatic N) is 6. The van der Waals surface area contributed by atoms with Crippen molar-refractivity contribution in [1.82, 2.24) is 30.0 Å². The summed E-state index contributed by atoms with van der Waals surface area (Å²) in [6.45, 7) is 35.5. The van der Waals surface area contributed by atoms with Gasteiger partial charge in [-0.25, -0.2) is 9.36 Å². The number of hydrogen-bond acceptors (Lipinski definition) is 5. The fourth-order valence-electron chi connectivity index (χ4n) is 7.45. The van der Waals surface area contributed by atoms with Gasteiger partial charge in [0, 0.05) is 9.79 Å². The van der Waals surface area contributed by atoms with Crippen LogP contribution >= 0.6 is 11.8 Å². The molecular formula is C40H48N6S. The lowest BCUT2D eigenvalue weighted by Gasteiger charge is -2.24. The van der Waals surface area contributed by atoms with Gasteiger partial charge in [0.2, 0.25) is 0 Å². The van der Waals surface area contributed by atoms with Gasteiger partial charge in [0.15, 0.2) is 0 Å². The van der Waals surface area contributed by atoms with Crippen LogP contribution in [0.25, 0.3) is 33.4 Å². The SMILES string of the molecule is Cc1c(C)c(-n2nnc3c(C)c(C)c(C)c(C)c32)c(C)c(C)c1Sc1c(C)c(C)c(-n2nnc3c(C)c(C)c(C)c(C)c32)c(C)c1C. The molecule has 0 spiro atoms. The van der Waals surface area contributed by atoms with E-state index in [1.807, 2.05) is 11.8 Å². The quantitative estimate of drug-likeness (QED) is 0.191. The van der Waals surface area contributed by atoms with Gasteiger partial charge in [-0.05, 0) is 200 Å². The van der Waals surface area contributed by atoms with Crippen LogP contribution in [0.15, 0.2) is 9.79 Å². The lowest BCUT2D eigenvalue weighted by molar-refractivity contribution is 0.805. The van der Waals surface area contributed by atoms with E-state index in [2.05, 4.69) is 120 Å². The lowest BCUT2D eigenvalue weighted by Crippen LogP contribution is -2.10. The molecule has 0 aliphatic heterocycles. The van der Waals surface area contributed by atoms with Gasteiger partial charge in [0.1, 0.15) is 11.0 Å². The summed E-state index contributed by atoms with van der Waals surface area (Å²) in [7, 11) is 0. The largest absolute Gasteiger partial charge is 0.212 e. The smallest absolute Gasteiger partial charge is 0.117 e. The zero-order valence-electron chi connectivity index (χ0n) is 31.1. The average molecular weight is 645 g/mol. The van der Waals surface area contributed by atoms with Gasteiger partial charge in [0.05, 0.1) is 22.4 Å². The Hall–Kier alpha value is -3.97. The van der Waals surface area contributed by atoms with Crippen LogP contribution < -0.4 is 0 Å². The van der Waals surface area contributed by atoms with Crippen LogP contribution in [-0.2, 0) is 0 Å². The number of benzene rings is 4. The Morgan fingerprint density at radius 1 is 0.319 bits per heavy atom. The zero-order chi connectivity index (χ0) is 34.5. The van der Waals surface area contributed by atoms with Crippen LogP contribution in [0.4, 0.5) is 0 Å². The normalized spacial score (nSPS) is 11.9. The van der Waals surface area contributed by atoms with E-state index in [4.69, 9.17) is 20.6 Å². The molecule has 7 heteroatoms. The molecule has 0 saturated heterocycles.